The van der Waals surface area contributed by atoms with Gasteiger partial charge < -0.3 is 10.7 Å². The van der Waals surface area contributed by atoms with E-state index in [9.17, 15) is 4.79 Å². The van der Waals surface area contributed by atoms with Gasteiger partial charge >= 0.3 is 0 Å². The number of rotatable bonds is 2. The predicted molar refractivity (Wildman–Crippen MR) is 66.5 cm³/mol. The van der Waals surface area contributed by atoms with Crippen LogP contribution in [0.15, 0.2) is 4.79 Å². The molecule has 0 spiro atoms. The molecule has 3 N–H and O–H groups in total. The van der Waals surface area contributed by atoms with Crippen molar-refractivity contribution in [3.63, 3.8) is 0 Å². The van der Waals surface area contributed by atoms with Gasteiger partial charge in [-0.05, 0) is 11.3 Å². The highest BCUT2D eigenvalue weighted by molar-refractivity contribution is 5.39. The summed E-state index contributed by atoms with van der Waals surface area (Å²) >= 11 is 0. The first-order valence-electron chi connectivity index (χ1n) is 5.59. The number of nitrogens with zero attached hydrogens (tertiary/aromatic N) is 1. The molecule has 1 rings (SSSR count). The summed E-state index contributed by atoms with van der Waals surface area (Å²) in [5.74, 6) is 1.12. The van der Waals surface area contributed by atoms with E-state index in [0.29, 0.717) is 23.6 Å². The van der Waals surface area contributed by atoms with Crippen LogP contribution in [0.4, 0.5) is 5.82 Å². The highest BCUT2D eigenvalue weighted by atomic mass is 16.1. The summed E-state index contributed by atoms with van der Waals surface area (Å²) in [7, 11) is 0. The summed E-state index contributed by atoms with van der Waals surface area (Å²) in [4.78, 5) is 18.9. The third kappa shape index (κ3) is 3.08. The molecule has 16 heavy (non-hydrogen) atoms. The quantitative estimate of drug-likeness (QED) is 0.806. The Balaban J connectivity index is 3.16. The fourth-order valence-electron chi connectivity index (χ4n) is 1.69. The van der Waals surface area contributed by atoms with Gasteiger partial charge in [-0.3, -0.25) is 4.79 Å². The largest absolute Gasteiger partial charge is 0.383 e. The van der Waals surface area contributed by atoms with Gasteiger partial charge in [0.15, 0.2) is 0 Å². The molecule has 0 aliphatic heterocycles. The number of aromatic amines is 1. The molecular weight excluding hydrogens is 202 g/mol. The van der Waals surface area contributed by atoms with Gasteiger partial charge in [0.05, 0.1) is 5.56 Å². The number of hydrogen-bond acceptors (Lipinski definition) is 3. The maximum absolute atomic E-state index is 11.8. The summed E-state index contributed by atoms with van der Waals surface area (Å²) in [6.07, 6.45) is 0.713. The van der Waals surface area contributed by atoms with Crippen LogP contribution in [-0.4, -0.2) is 9.97 Å². The van der Waals surface area contributed by atoms with E-state index in [1.54, 1.807) is 0 Å². The number of nitrogen functional groups attached to an aromatic ring is 1. The number of hydrogen-bond donors (Lipinski definition) is 2. The first-order valence-corrected chi connectivity index (χ1v) is 5.59. The summed E-state index contributed by atoms with van der Waals surface area (Å²) in [5.41, 5.74) is 6.37. The van der Waals surface area contributed by atoms with Crippen LogP contribution >= 0.6 is 0 Å². The molecule has 0 unspecified atom stereocenters. The lowest BCUT2D eigenvalue weighted by Crippen LogP contribution is -2.23. The Morgan fingerprint density at radius 2 is 1.94 bits per heavy atom. The zero-order chi connectivity index (χ0) is 12.5. The van der Waals surface area contributed by atoms with Crippen LogP contribution in [0.5, 0.6) is 0 Å². The van der Waals surface area contributed by atoms with Gasteiger partial charge in [0, 0.05) is 6.42 Å². The summed E-state index contributed by atoms with van der Waals surface area (Å²) in [6, 6.07) is 0. The Morgan fingerprint density at radius 1 is 1.38 bits per heavy atom. The summed E-state index contributed by atoms with van der Waals surface area (Å²) < 4.78 is 0. The van der Waals surface area contributed by atoms with Crippen LogP contribution in [0.25, 0.3) is 0 Å². The maximum atomic E-state index is 11.8. The van der Waals surface area contributed by atoms with E-state index in [1.165, 1.54) is 0 Å². The predicted octanol–water partition coefficient (Wildman–Crippen LogP) is 2.06. The van der Waals surface area contributed by atoms with Crippen molar-refractivity contribution in [2.45, 2.75) is 47.0 Å². The van der Waals surface area contributed by atoms with Gasteiger partial charge in [0.1, 0.15) is 11.6 Å². The fourth-order valence-corrected chi connectivity index (χ4v) is 1.69. The molecule has 0 aliphatic carbocycles. The average molecular weight is 223 g/mol. The van der Waals surface area contributed by atoms with Crippen LogP contribution in [0.3, 0.4) is 0 Å². The van der Waals surface area contributed by atoms with E-state index in [0.717, 1.165) is 0 Å². The molecule has 0 amide bonds. The van der Waals surface area contributed by atoms with Crippen LogP contribution in [0.2, 0.25) is 0 Å². The van der Waals surface area contributed by atoms with E-state index in [2.05, 4.69) is 30.7 Å². The van der Waals surface area contributed by atoms with E-state index in [1.807, 2.05) is 13.8 Å². The zero-order valence-electron chi connectivity index (χ0n) is 10.7. The maximum Gasteiger partial charge on any atom is 0.256 e. The smallest absolute Gasteiger partial charge is 0.256 e. The number of anilines is 1. The molecule has 4 nitrogen and oxygen atoms in total. The lowest BCUT2D eigenvalue weighted by Gasteiger charge is -2.18. The SMILES string of the molecule is CC(C)c1c(N)nc(CC(C)(C)C)[nH]c1=O. The minimum atomic E-state index is -0.109. The molecule has 0 saturated heterocycles. The third-order valence-electron chi connectivity index (χ3n) is 2.31. The lowest BCUT2D eigenvalue weighted by molar-refractivity contribution is 0.400. The number of nitrogens with one attached hydrogen (secondary N) is 1. The van der Waals surface area contributed by atoms with Crippen molar-refractivity contribution in [2.24, 2.45) is 5.41 Å². The molecule has 0 aliphatic rings. The van der Waals surface area contributed by atoms with Gasteiger partial charge in [-0.2, -0.15) is 0 Å². The molecule has 1 aromatic heterocycles. The van der Waals surface area contributed by atoms with E-state index < -0.39 is 0 Å². The first-order chi connectivity index (χ1) is 7.20. The van der Waals surface area contributed by atoms with Gasteiger partial charge in [-0.25, -0.2) is 4.98 Å². The Bertz CT molecular complexity index is 427. The molecule has 1 aromatic rings. The van der Waals surface area contributed by atoms with Crippen LogP contribution in [0, 0.1) is 5.41 Å². The molecular formula is C12H21N3O. The van der Waals surface area contributed by atoms with Crippen molar-refractivity contribution < 1.29 is 0 Å². The Morgan fingerprint density at radius 3 is 2.31 bits per heavy atom. The van der Waals surface area contributed by atoms with Gasteiger partial charge in [-0.1, -0.05) is 34.6 Å². The average Bonchev–Trinajstić information content (AvgIpc) is 1.96. The zero-order valence-corrected chi connectivity index (χ0v) is 10.7. The second-order valence-corrected chi connectivity index (χ2v) is 5.70. The van der Waals surface area contributed by atoms with Crippen molar-refractivity contribution in [1.82, 2.24) is 9.97 Å². The van der Waals surface area contributed by atoms with Crippen molar-refractivity contribution in [2.75, 3.05) is 5.73 Å². The normalized spacial score (nSPS) is 12.1. The molecule has 0 aromatic carbocycles. The Kier molecular flexibility index (Phi) is 3.41. The van der Waals surface area contributed by atoms with Crippen molar-refractivity contribution in [1.29, 1.82) is 0 Å². The van der Waals surface area contributed by atoms with Gasteiger partial charge in [-0.15, -0.1) is 0 Å². The van der Waals surface area contributed by atoms with Gasteiger partial charge in [0.2, 0.25) is 0 Å². The lowest BCUT2D eigenvalue weighted by atomic mass is 9.92. The molecule has 0 radical (unpaired) electrons. The molecule has 0 atom stereocenters. The molecule has 0 bridgehead atoms. The van der Waals surface area contributed by atoms with Crippen molar-refractivity contribution in [3.05, 3.63) is 21.7 Å². The van der Waals surface area contributed by atoms with E-state index in [4.69, 9.17) is 5.73 Å². The molecule has 0 saturated carbocycles. The summed E-state index contributed by atoms with van der Waals surface area (Å²) in [6.45, 7) is 10.2. The third-order valence-corrected chi connectivity index (χ3v) is 2.31. The van der Waals surface area contributed by atoms with Crippen LogP contribution in [0.1, 0.15) is 51.9 Å². The molecule has 1 heterocycles. The second-order valence-electron chi connectivity index (χ2n) is 5.70. The fraction of sp³-hybridized carbons (Fsp3) is 0.667. The Labute approximate surface area is 96.3 Å². The number of aromatic nitrogens is 2. The molecule has 90 valence electrons. The monoisotopic (exact) mass is 223 g/mol. The van der Waals surface area contributed by atoms with Gasteiger partial charge in [0.25, 0.3) is 5.56 Å². The Hall–Kier alpha value is -1.32. The topological polar surface area (TPSA) is 71.8 Å². The molecule has 0 fully saturated rings. The van der Waals surface area contributed by atoms with Crippen LogP contribution < -0.4 is 11.3 Å². The van der Waals surface area contributed by atoms with E-state index in [-0.39, 0.29) is 16.9 Å². The molecule has 4 heteroatoms. The summed E-state index contributed by atoms with van der Waals surface area (Å²) in [5, 5.41) is 0. The highest BCUT2D eigenvalue weighted by Gasteiger charge is 2.16. The number of H-pyrrole nitrogens is 1. The van der Waals surface area contributed by atoms with Crippen molar-refractivity contribution >= 4 is 5.82 Å². The standard InChI is InChI=1S/C12H21N3O/c1-7(2)9-10(13)14-8(15-11(9)16)6-12(3,4)5/h7H,6H2,1-5H3,(H3,13,14,15,16). The highest BCUT2D eigenvalue weighted by Crippen LogP contribution is 2.20. The van der Waals surface area contributed by atoms with Crippen molar-refractivity contribution in [3.8, 4) is 0 Å². The number of nitrogens with two attached hydrogens (primary N) is 1. The van der Waals surface area contributed by atoms with E-state index >= 15 is 0 Å². The first kappa shape index (κ1) is 12.7. The van der Waals surface area contributed by atoms with Crippen LogP contribution in [-0.2, 0) is 6.42 Å². The minimum absolute atomic E-state index is 0.0850. The minimum Gasteiger partial charge on any atom is -0.383 e. The second kappa shape index (κ2) is 4.28.